The molecule has 13 heavy (non-hydrogen) atoms. The lowest BCUT2D eigenvalue weighted by Gasteiger charge is -2.05. The molecule has 1 aromatic carbocycles. The van der Waals surface area contributed by atoms with E-state index < -0.39 is 0 Å². The molecule has 3 heteroatoms. The van der Waals surface area contributed by atoms with Gasteiger partial charge in [0.2, 0.25) is 0 Å². The first-order valence-corrected chi connectivity index (χ1v) is 4.92. The number of methoxy groups -OCH3 is 1. The quantitative estimate of drug-likeness (QED) is 0.706. The fourth-order valence-electron chi connectivity index (χ4n) is 1.09. The van der Waals surface area contributed by atoms with Gasteiger partial charge in [0.25, 0.3) is 0 Å². The number of benzene rings is 1. The first kappa shape index (κ1) is 10.4. The molecule has 0 heterocycles. The summed E-state index contributed by atoms with van der Waals surface area (Å²) < 4.78 is 5.02. The van der Waals surface area contributed by atoms with Crippen molar-refractivity contribution in [3.05, 3.63) is 29.8 Å². The van der Waals surface area contributed by atoms with Crippen LogP contribution in [0.4, 0.5) is 5.69 Å². The van der Waals surface area contributed by atoms with Crippen LogP contribution < -0.4 is 5.32 Å². The number of hydrogen-bond donors (Lipinski definition) is 2. The van der Waals surface area contributed by atoms with Gasteiger partial charge in [-0.3, -0.25) is 0 Å². The average Bonchev–Trinajstić information content (AvgIpc) is 2.17. The highest BCUT2D eigenvalue weighted by Gasteiger charge is 1.92. The van der Waals surface area contributed by atoms with Crippen LogP contribution in [-0.4, -0.2) is 19.4 Å². The molecule has 1 N–H and O–H groups in total. The second kappa shape index (κ2) is 5.89. The minimum Gasteiger partial charge on any atom is -0.384 e. The predicted octanol–water partition coefficient (Wildman–Crippen LogP) is 2.17. The largest absolute Gasteiger partial charge is 0.384 e. The van der Waals surface area contributed by atoms with Gasteiger partial charge in [-0.15, -0.1) is 0 Å². The van der Waals surface area contributed by atoms with Crippen molar-refractivity contribution in [2.24, 2.45) is 0 Å². The fraction of sp³-hybridized carbons (Fsp3) is 0.400. The lowest BCUT2D eigenvalue weighted by molar-refractivity contribution is 0.185. The Morgan fingerprint density at radius 1 is 1.31 bits per heavy atom. The van der Waals surface area contributed by atoms with Crippen LogP contribution in [0.5, 0.6) is 0 Å². The van der Waals surface area contributed by atoms with Gasteiger partial charge in [0.15, 0.2) is 0 Å². The number of anilines is 1. The van der Waals surface area contributed by atoms with E-state index in [1.165, 1.54) is 5.56 Å². The van der Waals surface area contributed by atoms with Gasteiger partial charge in [0, 0.05) is 25.1 Å². The first-order valence-electron chi connectivity index (χ1n) is 4.29. The number of thiol groups is 1. The minimum atomic E-state index is 0.673. The van der Waals surface area contributed by atoms with Gasteiger partial charge >= 0.3 is 0 Å². The van der Waals surface area contributed by atoms with E-state index in [0.717, 1.165) is 18.0 Å². The molecule has 1 rings (SSSR count). The molecular formula is C10H15NOS. The third-order valence-electron chi connectivity index (χ3n) is 1.71. The van der Waals surface area contributed by atoms with E-state index >= 15 is 0 Å². The zero-order valence-corrected chi connectivity index (χ0v) is 8.68. The lowest BCUT2D eigenvalue weighted by atomic mass is 10.2. The Morgan fingerprint density at radius 2 is 2.00 bits per heavy atom. The smallest absolute Gasteiger partial charge is 0.0713 e. The molecule has 0 spiro atoms. The van der Waals surface area contributed by atoms with Gasteiger partial charge in [-0.05, 0) is 17.7 Å². The molecule has 0 radical (unpaired) electrons. The maximum atomic E-state index is 5.02. The summed E-state index contributed by atoms with van der Waals surface area (Å²) in [5, 5.41) is 3.25. The zero-order chi connectivity index (χ0) is 9.52. The molecule has 72 valence electrons. The highest BCUT2D eigenvalue weighted by Crippen LogP contribution is 2.09. The van der Waals surface area contributed by atoms with Crippen LogP contribution in [-0.2, 0) is 11.3 Å². The van der Waals surface area contributed by atoms with Crippen molar-refractivity contribution in [2.45, 2.75) is 6.61 Å². The molecule has 0 aliphatic carbocycles. The third-order valence-corrected chi connectivity index (χ3v) is 1.93. The number of hydrogen-bond acceptors (Lipinski definition) is 3. The summed E-state index contributed by atoms with van der Waals surface area (Å²) in [6, 6.07) is 8.23. The van der Waals surface area contributed by atoms with Crippen molar-refractivity contribution in [2.75, 3.05) is 24.7 Å². The monoisotopic (exact) mass is 197 g/mol. The summed E-state index contributed by atoms with van der Waals surface area (Å²) in [4.78, 5) is 0. The summed E-state index contributed by atoms with van der Waals surface area (Å²) >= 11 is 4.12. The maximum Gasteiger partial charge on any atom is 0.0713 e. The average molecular weight is 197 g/mol. The topological polar surface area (TPSA) is 21.3 Å². The second-order valence-electron chi connectivity index (χ2n) is 2.78. The molecule has 0 fully saturated rings. The van der Waals surface area contributed by atoms with Crippen LogP contribution in [0.25, 0.3) is 0 Å². The van der Waals surface area contributed by atoms with Gasteiger partial charge in [0.1, 0.15) is 0 Å². The van der Waals surface area contributed by atoms with Crippen molar-refractivity contribution in [1.82, 2.24) is 0 Å². The molecule has 0 atom stereocenters. The molecule has 2 nitrogen and oxygen atoms in total. The molecule has 0 saturated heterocycles. The molecule has 0 aliphatic rings. The van der Waals surface area contributed by atoms with Crippen LogP contribution in [0, 0.1) is 0 Å². The van der Waals surface area contributed by atoms with Crippen LogP contribution in [0.1, 0.15) is 5.56 Å². The summed E-state index contributed by atoms with van der Waals surface area (Å²) in [6.07, 6.45) is 0. The first-order chi connectivity index (χ1) is 6.36. The molecule has 0 amide bonds. The van der Waals surface area contributed by atoms with E-state index in [9.17, 15) is 0 Å². The number of rotatable bonds is 5. The second-order valence-corrected chi connectivity index (χ2v) is 3.23. The Bertz CT molecular complexity index is 235. The van der Waals surface area contributed by atoms with Crippen molar-refractivity contribution >= 4 is 18.3 Å². The van der Waals surface area contributed by atoms with Crippen LogP contribution in [0.3, 0.4) is 0 Å². The Morgan fingerprint density at radius 3 is 2.54 bits per heavy atom. The van der Waals surface area contributed by atoms with E-state index in [2.05, 4.69) is 42.2 Å². The minimum absolute atomic E-state index is 0.673. The lowest BCUT2D eigenvalue weighted by Crippen LogP contribution is -2.02. The summed E-state index contributed by atoms with van der Waals surface area (Å²) in [5.74, 6) is 0.847. The van der Waals surface area contributed by atoms with Gasteiger partial charge < -0.3 is 10.1 Å². The Balaban J connectivity index is 2.48. The number of nitrogens with one attached hydrogen (secondary N) is 1. The molecular weight excluding hydrogens is 182 g/mol. The summed E-state index contributed by atoms with van der Waals surface area (Å²) in [6.45, 7) is 1.57. The van der Waals surface area contributed by atoms with Crippen LogP contribution in [0.15, 0.2) is 24.3 Å². The SMILES string of the molecule is COCc1ccc(NCCS)cc1. The zero-order valence-electron chi connectivity index (χ0n) is 7.79. The normalized spacial score (nSPS) is 10.0. The third kappa shape index (κ3) is 3.70. The number of ether oxygens (including phenoxy) is 1. The summed E-state index contributed by atoms with van der Waals surface area (Å²) in [7, 11) is 1.70. The summed E-state index contributed by atoms with van der Waals surface area (Å²) in [5.41, 5.74) is 2.33. The molecule has 1 aromatic rings. The van der Waals surface area contributed by atoms with E-state index in [-0.39, 0.29) is 0 Å². The highest BCUT2D eigenvalue weighted by atomic mass is 32.1. The van der Waals surface area contributed by atoms with Gasteiger partial charge in [-0.25, -0.2) is 0 Å². The molecule has 0 bridgehead atoms. The fourth-order valence-corrected chi connectivity index (χ4v) is 1.20. The Kier molecular flexibility index (Phi) is 4.72. The molecule has 0 unspecified atom stereocenters. The van der Waals surface area contributed by atoms with Gasteiger partial charge in [0.05, 0.1) is 6.61 Å². The maximum absolute atomic E-state index is 5.02. The van der Waals surface area contributed by atoms with E-state index in [1.54, 1.807) is 7.11 Å². The Hall–Kier alpha value is -0.670. The predicted molar refractivity (Wildman–Crippen MR) is 59.5 cm³/mol. The molecule has 0 aliphatic heterocycles. The highest BCUT2D eigenvalue weighted by molar-refractivity contribution is 7.80. The van der Waals surface area contributed by atoms with Gasteiger partial charge in [-0.2, -0.15) is 12.6 Å². The van der Waals surface area contributed by atoms with Crippen LogP contribution >= 0.6 is 12.6 Å². The van der Waals surface area contributed by atoms with Crippen molar-refractivity contribution in [3.8, 4) is 0 Å². The molecule has 0 aromatic heterocycles. The van der Waals surface area contributed by atoms with E-state index in [0.29, 0.717) is 6.61 Å². The van der Waals surface area contributed by atoms with Gasteiger partial charge in [-0.1, -0.05) is 12.1 Å². The standard InChI is InChI=1S/C10H15NOS/c1-12-8-9-2-4-10(5-3-9)11-6-7-13/h2-5,11,13H,6-8H2,1H3. The van der Waals surface area contributed by atoms with Crippen LogP contribution in [0.2, 0.25) is 0 Å². The van der Waals surface area contributed by atoms with E-state index in [1.807, 2.05) is 0 Å². The van der Waals surface area contributed by atoms with Crippen molar-refractivity contribution < 1.29 is 4.74 Å². The molecule has 0 saturated carbocycles. The van der Waals surface area contributed by atoms with E-state index in [4.69, 9.17) is 4.74 Å². The Labute approximate surface area is 84.7 Å². The van der Waals surface area contributed by atoms with Crippen molar-refractivity contribution in [3.63, 3.8) is 0 Å². The van der Waals surface area contributed by atoms with Crippen molar-refractivity contribution in [1.29, 1.82) is 0 Å².